The Bertz CT molecular complexity index is 417. The van der Waals surface area contributed by atoms with Crippen LogP contribution in [0.15, 0.2) is 18.3 Å². The quantitative estimate of drug-likeness (QED) is 0.752. The third-order valence-electron chi connectivity index (χ3n) is 2.33. The van der Waals surface area contributed by atoms with Crippen LogP contribution < -0.4 is 16.0 Å². The highest BCUT2D eigenvalue weighted by Crippen LogP contribution is 2.09. The molecule has 1 rings (SSSR count). The summed E-state index contributed by atoms with van der Waals surface area (Å²) >= 11 is 0. The van der Waals surface area contributed by atoms with Crippen molar-refractivity contribution in [2.75, 3.05) is 25.0 Å². The Labute approximate surface area is 106 Å². The molecule has 1 heterocycles. The summed E-state index contributed by atoms with van der Waals surface area (Å²) in [5, 5.41) is 2.76. The molecule has 0 aromatic carbocycles. The van der Waals surface area contributed by atoms with E-state index in [1.165, 1.54) is 6.20 Å². The van der Waals surface area contributed by atoms with Gasteiger partial charge in [-0.1, -0.05) is 6.92 Å². The Hall–Kier alpha value is -2.11. The molecule has 0 atom stereocenters. The lowest BCUT2D eigenvalue weighted by Gasteiger charge is -2.15. The summed E-state index contributed by atoms with van der Waals surface area (Å²) in [5.41, 5.74) is 5.59. The van der Waals surface area contributed by atoms with Gasteiger partial charge in [-0.15, -0.1) is 0 Å². The van der Waals surface area contributed by atoms with Gasteiger partial charge in [-0.3, -0.25) is 9.59 Å². The number of primary amides is 1. The normalized spacial score (nSPS) is 9.89. The van der Waals surface area contributed by atoms with E-state index in [-0.39, 0.29) is 12.5 Å². The average molecular weight is 250 g/mol. The van der Waals surface area contributed by atoms with E-state index < -0.39 is 5.91 Å². The zero-order valence-electron chi connectivity index (χ0n) is 10.6. The molecule has 98 valence electrons. The van der Waals surface area contributed by atoms with Gasteiger partial charge in [0.05, 0.1) is 12.1 Å². The van der Waals surface area contributed by atoms with Gasteiger partial charge in [0, 0.05) is 19.8 Å². The minimum absolute atomic E-state index is 0.0916. The lowest BCUT2D eigenvalue weighted by Crippen LogP contribution is -2.31. The van der Waals surface area contributed by atoms with Crippen LogP contribution in [-0.4, -0.2) is 36.9 Å². The van der Waals surface area contributed by atoms with Crippen molar-refractivity contribution in [1.29, 1.82) is 0 Å². The minimum Gasteiger partial charge on any atom is -0.368 e. The van der Waals surface area contributed by atoms with E-state index in [1.54, 1.807) is 24.1 Å². The van der Waals surface area contributed by atoms with Crippen molar-refractivity contribution >= 4 is 17.6 Å². The topological polar surface area (TPSA) is 88.3 Å². The zero-order valence-corrected chi connectivity index (χ0v) is 10.6. The van der Waals surface area contributed by atoms with E-state index in [4.69, 9.17) is 5.73 Å². The monoisotopic (exact) mass is 250 g/mol. The van der Waals surface area contributed by atoms with E-state index in [9.17, 15) is 9.59 Å². The first-order valence-electron chi connectivity index (χ1n) is 5.78. The molecule has 0 saturated carbocycles. The fourth-order valence-electron chi connectivity index (χ4n) is 1.40. The van der Waals surface area contributed by atoms with Crippen molar-refractivity contribution in [3.8, 4) is 0 Å². The number of nitrogens with one attached hydrogen (secondary N) is 1. The highest BCUT2D eigenvalue weighted by atomic mass is 16.2. The third-order valence-corrected chi connectivity index (χ3v) is 2.33. The van der Waals surface area contributed by atoms with Crippen LogP contribution in [0.3, 0.4) is 0 Å². The predicted octanol–water partition coefficient (Wildman–Crippen LogP) is 0.143. The lowest BCUT2D eigenvalue weighted by atomic mass is 10.2. The number of hydrogen-bond donors (Lipinski definition) is 2. The van der Waals surface area contributed by atoms with E-state index >= 15 is 0 Å². The number of rotatable bonds is 6. The number of pyridine rings is 1. The predicted molar refractivity (Wildman–Crippen MR) is 69.3 cm³/mol. The Morgan fingerprint density at radius 2 is 2.17 bits per heavy atom. The fourth-order valence-corrected chi connectivity index (χ4v) is 1.40. The van der Waals surface area contributed by atoms with E-state index in [2.05, 4.69) is 10.3 Å². The largest absolute Gasteiger partial charge is 0.368 e. The second kappa shape index (κ2) is 6.58. The molecule has 0 aliphatic rings. The number of hydrogen-bond acceptors (Lipinski definition) is 4. The average Bonchev–Trinajstić information content (AvgIpc) is 2.35. The molecular formula is C12H18N4O2. The van der Waals surface area contributed by atoms with Gasteiger partial charge in [-0.25, -0.2) is 4.98 Å². The summed E-state index contributed by atoms with van der Waals surface area (Å²) in [6, 6.07) is 3.36. The maximum atomic E-state index is 11.6. The number of aromatic nitrogens is 1. The number of anilines is 1. The number of carbonyl (C=O) groups is 2. The van der Waals surface area contributed by atoms with Crippen LogP contribution in [0.25, 0.3) is 0 Å². The number of amides is 2. The van der Waals surface area contributed by atoms with Crippen LogP contribution in [0.4, 0.5) is 5.82 Å². The van der Waals surface area contributed by atoms with E-state index in [1.807, 2.05) is 6.92 Å². The van der Waals surface area contributed by atoms with Crippen LogP contribution >= 0.6 is 0 Å². The molecule has 0 radical (unpaired) electrons. The molecule has 18 heavy (non-hydrogen) atoms. The molecule has 1 aromatic heterocycles. The lowest BCUT2D eigenvalue weighted by molar-refractivity contribution is -0.116. The molecule has 0 aliphatic heterocycles. The molecule has 0 spiro atoms. The molecule has 0 saturated heterocycles. The van der Waals surface area contributed by atoms with Gasteiger partial charge in [-0.2, -0.15) is 0 Å². The molecule has 3 N–H and O–H groups in total. The molecule has 6 heteroatoms. The van der Waals surface area contributed by atoms with Crippen molar-refractivity contribution in [3.05, 3.63) is 23.9 Å². The van der Waals surface area contributed by atoms with Gasteiger partial charge >= 0.3 is 0 Å². The molecule has 0 bridgehead atoms. The van der Waals surface area contributed by atoms with Crippen LogP contribution in [0, 0.1) is 0 Å². The van der Waals surface area contributed by atoms with E-state index in [0.29, 0.717) is 17.9 Å². The molecule has 0 aliphatic carbocycles. The van der Waals surface area contributed by atoms with Gasteiger partial charge in [0.1, 0.15) is 5.82 Å². The van der Waals surface area contributed by atoms with Crippen LogP contribution in [0.5, 0.6) is 0 Å². The maximum absolute atomic E-state index is 11.6. The number of nitrogens with zero attached hydrogens (tertiary/aromatic N) is 2. The molecular weight excluding hydrogens is 232 g/mol. The standard InChI is InChI=1S/C12H18N4O2/c1-3-6-14-12(18)9-4-5-11(15-7-9)16(2)8-10(13)17/h4-5,7H,3,6,8H2,1-2H3,(H2,13,17)(H,14,18). The van der Waals surface area contributed by atoms with E-state index in [0.717, 1.165) is 6.42 Å². The Balaban J connectivity index is 2.67. The minimum atomic E-state index is -0.427. The second-order valence-corrected chi connectivity index (χ2v) is 3.98. The summed E-state index contributed by atoms with van der Waals surface area (Å²) in [5.74, 6) is 0.0263. The Kier molecular flexibility index (Phi) is 5.10. The number of nitrogens with two attached hydrogens (primary N) is 1. The highest BCUT2D eigenvalue weighted by molar-refractivity contribution is 5.94. The Morgan fingerprint density at radius 3 is 2.67 bits per heavy atom. The molecule has 6 nitrogen and oxygen atoms in total. The SMILES string of the molecule is CCCNC(=O)c1ccc(N(C)CC(N)=O)nc1. The van der Waals surface area contributed by atoms with Gasteiger partial charge in [0.2, 0.25) is 5.91 Å². The molecule has 2 amide bonds. The smallest absolute Gasteiger partial charge is 0.252 e. The van der Waals surface area contributed by atoms with Crippen molar-refractivity contribution in [2.45, 2.75) is 13.3 Å². The van der Waals surface area contributed by atoms with Crippen LogP contribution in [0.2, 0.25) is 0 Å². The van der Waals surface area contributed by atoms with Crippen molar-refractivity contribution in [2.24, 2.45) is 5.73 Å². The van der Waals surface area contributed by atoms with Crippen LogP contribution in [0.1, 0.15) is 23.7 Å². The zero-order chi connectivity index (χ0) is 13.5. The first-order valence-corrected chi connectivity index (χ1v) is 5.78. The maximum Gasteiger partial charge on any atom is 0.252 e. The van der Waals surface area contributed by atoms with Gasteiger partial charge in [-0.05, 0) is 18.6 Å². The van der Waals surface area contributed by atoms with Gasteiger partial charge < -0.3 is 16.0 Å². The summed E-state index contributed by atoms with van der Waals surface area (Å²) in [6.45, 7) is 2.72. The summed E-state index contributed by atoms with van der Waals surface area (Å²) in [7, 11) is 1.71. The van der Waals surface area contributed by atoms with Crippen molar-refractivity contribution in [3.63, 3.8) is 0 Å². The first kappa shape index (κ1) is 14.0. The number of carbonyl (C=O) groups excluding carboxylic acids is 2. The highest BCUT2D eigenvalue weighted by Gasteiger charge is 2.08. The van der Waals surface area contributed by atoms with Gasteiger partial charge in [0.15, 0.2) is 0 Å². The molecule has 0 unspecified atom stereocenters. The molecule has 0 fully saturated rings. The fraction of sp³-hybridized carbons (Fsp3) is 0.417. The van der Waals surface area contributed by atoms with Crippen molar-refractivity contribution in [1.82, 2.24) is 10.3 Å². The third kappa shape index (κ3) is 4.04. The Morgan fingerprint density at radius 1 is 1.44 bits per heavy atom. The summed E-state index contributed by atoms with van der Waals surface area (Å²) in [6.07, 6.45) is 2.37. The number of likely N-dealkylation sites (N-methyl/N-ethyl adjacent to an activating group) is 1. The van der Waals surface area contributed by atoms with Crippen LogP contribution in [-0.2, 0) is 4.79 Å². The van der Waals surface area contributed by atoms with Crippen molar-refractivity contribution < 1.29 is 9.59 Å². The van der Waals surface area contributed by atoms with Gasteiger partial charge in [0.25, 0.3) is 5.91 Å². The molecule has 1 aromatic rings. The first-order chi connectivity index (χ1) is 8.54. The second-order valence-electron chi connectivity index (χ2n) is 3.98. The summed E-state index contributed by atoms with van der Waals surface area (Å²) in [4.78, 5) is 28.1. The summed E-state index contributed by atoms with van der Waals surface area (Å²) < 4.78 is 0.